The summed E-state index contributed by atoms with van der Waals surface area (Å²) in [6.45, 7) is 0.748. The van der Waals surface area contributed by atoms with Crippen molar-refractivity contribution in [1.82, 2.24) is 14.8 Å². The first-order valence-corrected chi connectivity index (χ1v) is 11.9. The Kier molecular flexibility index (Phi) is 6.18. The van der Waals surface area contributed by atoms with Gasteiger partial charge in [0.2, 0.25) is 0 Å². The summed E-state index contributed by atoms with van der Waals surface area (Å²) >= 11 is 1.34. The lowest BCUT2D eigenvalue weighted by Gasteiger charge is -2.11. The molecule has 0 spiro atoms. The number of hydrogen-bond donors (Lipinski definition) is 2. The van der Waals surface area contributed by atoms with E-state index in [2.05, 4.69) is 20.8 Å². The van der Waals surface area contributed by atoms with Gasteiger partial charge in [0.15, 0.2) is 5.82 Å². The van der Waals surface area contributed by atoms with Gasteiger partial charge < -0.3 is 15.2 Å². The molecule has 0 bridgehead atoms. The van der Waals surface area contributed by atoms with Gasteiger partial charge in [0.05, 0.1) is 10.4 Å². The molecule has 2 amide bonds. The van der Waals surface area contributed by atoms with Crippen LogP contribution in [0.1, 0.15) is 45.1 Å². The lowest BCUT2D eigenvalue weighted by molar-refractivity contribution is 0.101. The molecule has 0 saturated carbocycles. The minimum Gasteiger partial charge on any atom is -0.322 e. The van der Waals surface area contributed by atoms with E-state index in [4.69, 9.17) is 0 Å². The predicted octanol–water partition coefficient (Wildman–Crippen LogP) is 5.38. The highest BCUT2D eigenvalue weighted by Gasteiger charge is 2.19. The van der Waals surface area contributed by atoms with Crippen LogP contribution >= 0.6 is 11.3 Å². The lowest BCUT2D eigenvalue weighted by atomic mass is 10.1. The minimum absolute atomic E-state index is 0.233. The monoisotopic (exact) mass is 475 g/mol. The van der Waals surface area contributed by atoms with E-state index in [1.807, 2.05) is 9.95 Å². The number of carbonyl (C=O) groups is 2. The van der Waals surface area contributed by atoms with Crippen LogP contribution in [0.25, 0.3) is 11.4 Å². The van der Waals surface area contributed by atoms with Crippen LogP contribution in [-0.2, 0) is 13.0 Å². The summed E-state index contributed by atoms with van der Waals surface area (Å²) in [5, 5.41) is 15.9. The van der Waals surface area contributed by atoms with Gasteiger partial charge in [-0.3, -0.25) is 9.59 Å². The Morgan fingerprint density at radius 3 is 2.62 bits per heavy atom. The molecule has 1 aliphatic heterocycles. The number of benzene rings is 2. The molecule has 2 aromatic carbocycles. The topological polar surface area (TPSA) is 88.9 Å². The molecule has 1 aliphatic rings. The second-order valence-electron chi connectivity index (χ2n) is 8.06. The van der Waals surface area contributed by atoms with Crippen molar-refractivity contribution >= 4 is 34.5 Å². The molecule has 2 aromatic heterocycles. The molecule has 0 atom stereocenters. The van der Waals surface area contributed by atoms with Gasteiger partial charge in [-0.25, -0.2) is 4.39 Å². The quantitative estimate of drug-likeness (QED) is 0.406. The van der Waals surface area contributed by atoms with Crippen LogP contribution in [0.15, 0.2) is 60.0 Å². The number of thiophene rings is 1. The number of halogens is 1. The summed E-state index contributed by atoms with van der Waals surface area (Å²) in [5.41, 5.74) is 1.62. The first-order valence-electron chi connectivity index (χ1n) is 11.1. The Hall–Kier alpha value is -3.85. The molecule has 5 rings (SSSR count). The number of anilines is 2. The van der Waals surface area contributed by atoms with Crippen molar-refractivity contribution in [2.45, 2.75) is 32.2 Å². The van der Waals surface area contributed by atoms with Crippen molar-refractivity contribution in [2.75, 3.05) is 10.6 Å². The number of amides is 2. The van der Waals surface area contributed by atoms with Crippen molar-refractivity contribution < 1.29 is 14.0 Å². The number of nitrogens with zero attached hydrogens (tertiary/aromatic N) is 3. The van der Waals surface area contributed by atoms with Crippen LogP contribution in [0.5, 0.6) is 0 Å². The third kappa shape index (κ3) is 4.60. The van der Waals surface area contributed by atoms with E-state index in [0.29, 0.717) is 33.2 Å². The number of rotatable bonds is 5. The molecule has 34 heavy (non-hydrogen) atoms. The zero-order valence-corrected chi connectivity index (χ0v) is 19.1. The molecule has 0 aliphatic carbocycles. The van der Waals surface area contributed by atoms with Crippen molar-refractivity contribution in [3.8, 4) is 11.4 Å². The van der Waals surface area contributed by atoms with Crippen LogP contribution in [0.3, 0.4) is 0 Å². The van der Waals surface area contributed by atoms with Gasteiger partial charge in [-0.05, 0) is 60.7 Å². The summed E-state index contributed by atoms with van der Waals surface area (Å²) in [6, 6.07) is 14.6. The van der Waals surface area contributed by atoms with E-state index in [1.54, 1.807) is 42.5 Å². The molecule has 0 saturated heterocycles. The number of nitrogens with one attached hydrogen (secondary N) is 2. The maximum absolute atomic E-state index is 14.7. The Morgan fingerprint density at radius 2 is 1.76 bits per heavy atom. The van der Waals surface area contributed by atoms with Gasteiger partial charge in [-0.15, -0.1) is 21.5 Å². The average molecular weight is 476 g/mol. The molecule has 0 radical (unpaired) electrons. The number of aryl methyl sites for hydroxylation is 1. The Balaban J connectivity index is 1.35. The number of hydrogen-bond acceptors (Lipinski definition) is 5. The van der Waals surface area contributed by atoms with Crippen LogP contribution in [0.4, 0.5) is 15.8 Å². The van der Waals surface area contributed by atoms with E-state index in [9.17, 15) is 14.0 Å². The Bertz CT molecular complexity index is 1350. The summed E-state index contributed by atoms with van der Waals surface area (Å²) in [7, 11) is 0. The van der Waals surface area contributed by atoms with Crippen molar-refractivity contribution in [3.05, 3.63) is 82.1 Å². The number of aromatic nitrogens is 3. The standard InChI is InChI=1S/C25H22FN5O2S/c26-20-11-10-18(15-19(20)23-30-29-22-9-2-1-3-12-31(22)23)27-24(32)16-6-4-7-17(14-16)28-25(33)21-8-5-13-34-21/h4-8,10-11,13-15H,1-3,9,12H2,(H,27,32)(H,28,33). The number of fused-ring (bicyclic) bond motifs is 1. The smallest absolute Gasteiger partial charge is 0.265 e. The Labute approximate surface area is 199 Å². The zero-order chi connectivity index (χ0) is 23.5. The second kappa shape index (κ2) is 9.56. The molecule has 2 N–H and O–H groups in total. The predicted molar refractivity (Wildman–Crippen MR) is 130 cm³/mol. The highest BCUT2D eigenvalue weighted by atomic mass is 32.1. The molecule has 4 aromatic rings. The molecule has 9 heteroatoms. The summed E-state index contributed by atoms with van der Waals surface area (Å²) in [5.74, 6) is 0.315. The van der Waals surface area contributed by atoms with Gasteiger partial charge >= 0.3 is 0 Å². The highest BCUT2D eigenvalue weighted by Crippen LogP contribution is 2.28. The van der Waals surface area contributed by atoms with Crippen molar-refractivity contribution in [1.29, 1.82) is 0 Å². The van der Waals surface area contributed by atoms with Gasteiger partial charge in [-0.1, -0.05) is 18.6 Å². The van der Waals surface area contributed by atoms with E-state index >= 15 is 0 Å². The minimum atomic E-state index is -0.421. The van der Waals surface area contributed by atoms with E-state index in [-0.39, 0.29) is 11.8 Å². The lowest BCUT2D eigenvalue weighted by Crippen LogP contribution is -2.14. The zero-order valence-electron chi connectivity index (χ0n) is 18.3. The van der Waals surface area contributed by atoms with Crippen LogP contribution < -0.4 is 10.6 Å². The molecule has 172 valence electrons. The summed E-state index contributed by atoms with van der Waals surface area (Å²) < 4.78 is 16.7. The molecule has 0 unspecified atom stereocenters. The van der Waals surface area contributed by atoms with Crippen molar-refractivity contribution in [2.24, 2.45) is 0 Å². The van der Waals surface area contributed by atoms with Gasteiger partial charge in [-0.2, -0.15) is 0 Å². The second-order valence-corrected chi connectivity index (χ2v) is 9.01. The molecular weight excluding hydrogens is 453 g/mol. The molecule has 7 nitrogen and oxygen atoms in total. The molecule has 3 heterocycles. The highest BCUT2D eigenvalue weighted by molar-refractivity contribution is 7.12. The Morgan fingerprint density at radius 1 is 0.912 bits per heavy atom. The van der Waals surface area contributed by atoms with E-state index < -0.39 is 5.82 Å². The van der Waals surface area contributed by atoms with Gasteiger partial charge in [0.1, 0.15) is 11.6 Å². The van der Waals surface area contributed by atoms with Gasteiger partial charge in [0.25, 0.3) is 11.8 Å². The third-order valence-electron chi connectivity index (χ3n) is 5.70. The van der Waals surface area contributed by atoms with E-state index in [1.165, 1.54) is 23.5 Å². The first kappa shape index (κ1) is 22.0. The normalized spacial score (nSPS) is 13.1. The van der Waals surface area contributed by atoms with E-state index in [0.717, 1.165) is 38.1 Å². The fraction of sp³-hybridized carbons (Fsp3) is 0.200. The van der Waals surface area contributed by atoms with Crippen LogP contribution in [-0.4, -0.2) is 26.6 Å². The fourth-order valence-corrected chi connectivity index (χ4v) is 4.62. The molecular formula is C25H22FN5O2S. The third-order valence-corrected chi connectivity index (χ3v) is 6.57. The van der Waals surface area contributed by atoms with Crippen molar-refractivity contribution in [3.63, 3.8) is 0 Å². The van der Waals surface area contributed by atoms with Crippen LogP contribution in [0, 0.1) is 5.82 Å². The van der Waals surface area contributed by atoms with Gasteiger partial charge in [0, 0.05) is 29.9 Å². The average Bonchev–Trinajstić information content (AvgIpc) is 3.46. The first-order chi connectivity index (χ1) is 16.6. The number of carbonyl (C=O) groups excluding carboxylic acids is 2. The maximum atomic E-state index is 14.7. The fourth-order valence-electron chi connectivity index (χ4n) is 4.00. The summed E-state index contributed by atoms with van der Waals surface area (Å²) in [4.78, 5) is 25.8. The molecule has 0 fully saturated rings. The maximum Gasteiger partial charge on any atom is 0.265 e. The largest absolute Gasteiger partial charge is 0.322 e. The SMILES string of the molecule is O=C(Nc1ccc(F)c(-c2nnc3n2CCCCC3)c1)c1cccc(NC(=O)c2cccs2)c1. The summed E-state index contributed by atoms with van der Waals surface area (Å²) in [6.07, 6.45) is 3.97. The van der Waals surface area contributed by atoms with Crippen LogP contribution in [0.2, 0.25) is 0 Å².